The van der Waals surface area contributed by atoms with Gasteiger partial charge in [-0.05, 0) is 20.3 Å². The summed E-state index contributed by atoms with van der Waals surface area (Å²) in [7, 11) is 0. The van der Waals surface area contributed by atoms with E-state index in [0.29, 0.717) is 28.7 Å². The molecule has 0 aliphatic carbocycles. The summed E-state index contributed by atoms with van der Waals surface area (Å²) < 4.78 is 0. The summed E-state index contributed by atoms with van der Waals surface area (Å²) in [6.07, 6.45) is 0.375. The Morgan fingerprint density at radius 1 is 1.48 bits per heavy atom. The molecule has 0 spiro atoms. The number of aryl methyl sites for hydroxylation is 2. The van der Waals surface area contributed by atoms with Crippen molar-refractivity contribution in [1.29, 1.82) is 0 Å². The Balaban J connectivity index is 2.05. The Kier molecular flexibility index (Phi) is 4.66. The van der Waals surface area contributed by atoms with Crippen LogP contribution in [0.3, 0.4) is 0 Å². The zero-order chi connectivity index (χ0) is 15.6. The summed E-state index contributed by atoms with van der Waals surface area (Å²) in [5.41, 5.74) is 0.848. The monoisotopic (exact) mass is 311 g/mol. The third-order valence-corrected chi connectivity index (χ3v) is 4.43. The predicted octanol–water partition coefficient (Wildman–Crippen LogP) is 0.305. The average Bonchev–Trinajstić information content (AvgIpc) is 2.86. The summed E-state index contributed by atoms with van der Waals surface area (Å²) in [6.45, 7) is 3.43. The molecule has 0 unspecified atom stereocenters. The first-order chi connectivity index (χ1) is 9.90. The molecule has 8 heteroatoms. The van der Waals surface area contributed by atoms with Gasteiger partial charge >= 0.3 is 5.97 Å². The second-order valence-corrected chi connectivity index (χ2v) is 5.93. The van der Waals surface area contributed by atoms with Crippen molar-refractivity contribution in [1.82, 2.24) is 14.9 Å². The van der Waals surface area contributed by atoms with Crippen LogP contribution in [0.4, 0.5) is 0 Å². The number of rotatable bonds is 4. The smallest absolute Gasteiger partial charge is 0.327 e. The molecule has 1 aromatic heterocycles. The van der Waals surface area contributed by atoms with Crippen molar-refractivity contribution < 1.29 is 14.7 Å². The number of nitrogens with zero attached hydrogens (tertiary/aromatic N) is 2. The van der Waals surface area contributed by atoms with Crippen LogP contribution in [0.15, 0.2) is 4.79 Å². The van der Waals surface area contributed by atoms with Gasteiger partial charge in [-0.25, -0.2) is 9.78 Å². The predicted molar refractivity (Wildman–Crippen MR) is 78.2 cm³/mol. The average molecular weight is 311 g/mol. The molecule has 1 aromatic rings. The van der Waals surface area contributed by atoms with Crippen LogP contribution < -0.4 is 5.56 Å². The second-order valence-electron chi connectivity index (χ2n) is 4.93. The van der Waals surface area contributed by atoms with Crippen molar-refractivity contribution in [3.8, 4) is 0 Å². The van der Waals surface area contributed by atoms with Crippen molar-refractivity contribution in [3.05, 3.63) is 27.4 Å². The third kappa shape index (κ3) is 3.44. The van der Waals surface area contributed by atoms with Gasteiger partial charge in [-0.15, -0.1) is 11.8 Å². The number of carboxylic acids is 1. The van der Waals surface area contributed by atoms with Crippen LogP contribution >= 0.6 is 11.8 Å². The van der Waals surface area contributed by atoms with E-state index in [1.165, 1.54) is 16.7 Å². The highest BCUT2D eigenvalue weighted by Gasteiger charge is 2.34. The van der Waals surface area contributed by atoms with Crippen LogP contribution in [0.1, 0.15) is 23.5 Å². The lowest BCUT2D eigenvalue weighted by molar-refractivity contribution is -0.147. The molecule has 0 bridgehead atoms. The highest BCUT2D eigenvalue weighted by atomic mass is 32.2. The Bertz CT molecular complexity index is 628. The molecule has 1 aliphatic rings. The molecule has 2 N–H and O–H groups in total. The topological polar surface area (TPSA) is 103 Å². The fourth-order valence-electron chi connectivity index (χ4n) is 2.31. The van der Waals surface area contributed by atoms with Crippen LogP contribution in [0.25, 0.3) is 0 Å². The van der Waals surface area contributed by atoms with Crippen molar-refractivity contribution >= 4 is 23.6 Å². The van der Waals surface area contributed by atoms with Crippen molar-refractivity contribution in [2.45, 2.75) is 32.7 Å². The number of carbonyl (C=O) groups excluding carboxylic acids is 1. The molecular formula is C13H17N3O4S. The van der Waals surface area contributed by atoms with Gasteiger partial charge in [0.15, 0.2) is 0 Å². The number of thioether (sulfide) groups is 1. The van der Waals surface area contributed by atoms with Crippen LogP contribution in [-0.4, -0.2) is 49.5 Å². The zero-order valence-electron chi connectivity index (χ0n) is 11.9. The number of hydrogen-bond donors (Lipinski definition) is 2. The molecule has 2 rings (SSSR count). The van der Waals surface area contributed by atoms with E-state index in [9.17, 15) is 14.4 Å². The molecule has 0 radical (unpaired) electrons. The van der Waals surface area contributed by atoms with E-state index in [4.69, 9.17) is 5.11 Å². The lowest BCUT2D eigenvalue weighted by atomic mass is 10.1. The molecule has 114 valence electrons. The Morgan fingerprint density at radius 2 is 2.19 bits per heavy atom. The van der Waals surface area contributed by atoms with Gasteiger partial charge in [-0.2, -0.15) is 0 Å². The highest BCUT2D eigenvalue weighted by Crippen LogP contribution is 2.22. The maximum absolute atomic E-state index is 12.1. The summed E-state index contributed by atoms with van der Waals surface area (Å²) in [5, 5.41) is 9.06. The van der Waals surface area contributed by atoms with Gasteiger partial charge < -0.3 is 15.0 Å². The van der Waals surface area contributed by atoms with Gasteiger partial charge in [0.1, 0.15) is 11.9 Å². The minimum Gasteiger partial charge on any atom is -0.480 e. The lowest BCUT2D eigenvalue weighted by Gasteiger charge is -2.20. The third-order valence-electron chi connectivity index (χ3n) is 3.42. The largest absolute Gasteiger partial charge is 0.480 e. The first kappa shape index (κ1) is 15.6. The van der Waals surface area contributed by atoms with E-state index in [0.717, 1.165) is 0 Å². The van der Waals surface area contributed by atoms with E-state index < -0.39 is 12.0 Å². The SMILES string of the molecule is Cc1nc(C)c(CCC(=O)N2CSC[C@H]2C(=O)O)c(=O)[nH]1. The highest BCUT2D eigenvalue weighted by molar-refractivity contribution is 7.99. The van der Waals surface area contributed by atoms with Gasteiger partial charge in [0.25, 0.3) is 5.56 Å². The number of carbonyl (C=O) groups is 2. The van der Waals surface area contributed by atoms with Crippen molar-refractivity contribution in [2.24, 2.45) is 0 Å². The number of H-pyrrole nitrogens is 1. The maximum atomic E-state index is 12.1. The number of aromatic nitrogens is 2. The van der Waals surface area contributed by atoms with Crippen molar-refractivity contribution in [2.75, 3.05) is 11.6 Å². The maximum Gasteiger partial charge on any atom is 0.327 e. The Morgan fingerprint density at radius 3 is 2.81 bits per heavy atom. The molecule has 21 heavy (non-hydrogen) atoms. The molecule has 1 fully saturated rings. The molecule has 7 nitrogen and oxygen atoms in total. The fourth-order valence-corrected chi connectivity index (χ4v) is 3.49. The molecule has 1 saturated heterocycles. The minimum absolute atomic E-state index is 0.110. The first-order valence-electron chi connectivity index (χ1n) is 6.56. The zero-order valence-corrected chi connectivity index (χ0v) is 12.7. The number of hydrogen-bond acceptors (Lipinski definition) is 5. The van der Waals surface area contributed by atoms with E-state index in [-0.39, 0.29) is 24.3 Å². The fraction of sp³-hybridized carbons (Fsp3) is 0.538. The van der Waals surface area contributed by atoms with E-state index >= 15 is 0 Å². The molecule has 1 amide bonds. The quantitative estimate of drug-likeness (QED) is 0.829. The molecule has 0 aromatic carbocycles. The van der Waals surface area contributed by atoms with Crippen LogP contribution in [0, 0.1) is 13.8 Å². The number of aromatic amines is 1. The van der Waals surface area contributed by atoms with E-state index in [2.05, 4.69) is 9.97 Å². The van der Waals surface area contributed by atoms with Gasteiger partial charge in [0, 0.05) is 23.4 Å². The summed E-state index contributed by atoms with van der Waals surface area (Å²) in [4.78, 5) is 43.2. The molecule has 1 aliphatic heterocycles. The van der Waals surface area contributed by atoms with Gasteiger partial charge in [-0.1, -0.05) is 0 Å². The van der Waals surface area contributed by atoms with E-state index in [1.807, 2.05) is 0 Å². The molecule has 1 atom stereocenters. The first-order valence-corrected chi connectivity index (χ1v) is 7.72. The van der Waals surface area contributed by atoms with Gasteiger partial charge in [0.05, 0.1) is 5.88 Å². The van der Waals surface area contributed by atoms with Gasteiger partial charge in [-0.3, -0.25) is 9.59 Å². The minimum atomic E-state index is -0.987. The molecule has 0 saturated carbocycles. The number of carboxylic acid groups (broad SMARTS) is 1. The van der Waals surface area contributed by atoms with Gasteiger partial charge in [0.2, 0.25) is 5.91 Å². The van der Waals surface area contributed by atoms with E-state index in [1.54, 1.807) is 13.8 Å². The van der Waals surface area contributed by atoms with Crippen LogP contribution in [0.2, 0.25) is 0 Å². The van der Waals surface area contributed by atoms with Crippen LogP contribution in [0.5, 0.6) is 0 Å². The number of nitrogens with one attached hydrogen (secondary N) is 1. The Labute approximate surface area is 125 Å². The number of amides is 1. The van der Waals surface area contributed by atoms with Crippen molar-refractivity contribution in [3.63, 3.8) is 0 Å². The summed E-state index contributed by atoms with van der Waals surface area (Å²) >= 11 is 1.42. The Hall–Kier alpha value is -1.83. The molecule has 2 heterocycles. The normalized spacial score (nSPS) is 18.0. The number of aliphatic carboxylic acids is 1. The molecular weight excluding hydrogens is 294 g/mol. The second kappa shape index (κ2) is 6.30. The standard InChI is InChI=1S/C13H17N3O4S/c1-7-9(12(18)15-8(2)14-7)3-4-11(17)16-6-21-5-10(16)13(19)20/h10H,3-6H2,1-2H3,(H,19,20)(H,14,15,18)/t10-/m0/s1. The summed E-state index contributed by atoms with van der Waals surface area (Å²) in [6, 6.07) is -0.766. The van der Waals surface area contributed by atoms with Crippen LogP contribution in [-0.2, 0) is 16.0 Å². The summed E-state index contributed by atoms with van der Waals surface area (Å²) in [5.74, 6) is 0.102. The lowest BCUT2D eigenvalue weighted by Crippen LogP contribution is -2.42.